The van der Waals surface area contributed by atoms with Crippen LogP contribution in [0.2, 0.25) is 0 Å². The number of nitrogens with one attached hydrogen (secondary N) is 1. The van der Waals surface area contributed by atoms with Gasteiger partial charge >= 0.3 is 0 Å². The summed E-state index contributed by atoms with van der Waals surface area (Å²) in [7, 11) is -3.52. The van der Waals surface area contributed by atoms with Gasteiger partial charge in [0.1, 0.15) is 12.4 Å². The molecule has 2 heterocycles. The summed E-state index contributed by atoms with van der Waals surface area (Å²) < 4.78 is 38.5. The van der Waals surface area contributed by atoms with Gasteiger partial charge in [0, 0.05) is 32.2 Å². The number of amides is 1. The minimum Gasteiger partial charge on any atom is -0.491 e. The summed E-state index contributed by atoms with van der Waals surface area (Å²) in [4.78, 5) is 12.9. The van der Waals surface area contributed by atoms with Crippen LogP contribution in [0, 0.1) is 12.8 Å². The second-order valence-corrected chi connectivity index (χ2v) is 10.7. The van der Waals surface area contributed by atoms with Gasteiger partial charge in [-0.2, -0.15) is 4.31 Å². The van der Waals surface area contributed by atoms with E-state index in [1.807, 2.05) is 31.2 Å². The maximum Gasteiger partial charge on any atom is 0.243 e. The summed E-state index contributed by atoms with van der Waals surface area (Å²) in [5.74, 6) is 0.590. The van der Waals surface area contributed by atoms with E-state index >= 15 is 0 Å². The molecule has 0 radical (unpaired) electrons. The zero-order valence-corrected chi connectivity index (χ0v) is 19.9. The molecule has 1 atom stereocenters. The van der Waals surface area contributed by atoms with E-state index in [1.165, 1.54) is 4.31 Å². The van der Waals surface area contributed by atoms with Crippen LogP contribution in [0.25, 0.3) is 0 Å². The highest BCUT2D eigenvalue weighted by molar-refractivity contribution is 7.89. The van der Waals surface area contributed by atoms with Crippen LogP contribution in [0.5, 0.6) is 5.75 Å². The van der Waals surface area contributed by atoms with Crippen LogP contribution in [0.1, 0.15) is 36.8 Å². The maximum absolute atomic E-state index is 12.8. The van der Waals surface area contributed by atoms with Gasteiger partial charge in [0.15, 0.2) is 0 Å². The van der Waals surface area contributed by atoms with Crippen LogP contribution in [0.4, 0.5) is 0 Å². The third kappa shape index (κ3) is 6.13. The standard InChI is InChI=1S/C25H32N2O5S/c1-19-4-10-24(11-5-19)33(29,30)27-14-12-21(13-15-27)25(28)26-17-20-6-8-22(9-7-20)32-18-23-3-2-16-31-23/h4-11,21,23H,2-3,12-18H2,1H3,(H,26,28). The maximum atomic E-state index is 12.8. The number of nitrogens with zero attached hydrogens (tertiary/aromatic N) is 1. The minimum absolute atomic E-state index is 0.0268. The van der Waals surface area contributed by atoms with E-state index in [0.717, 1.165) is 36.3 Å². The van der Waals surface area contributed by atoms with Gasteiger partial charge in [-0.25, -0.2) is 8.42 Å². The number of ether oxygens (including phenoxy) is 2. The van der Waals surface area contributed by atoms with Gasteiger partial charge in [-0.1, -0.05) is 29.8 Å². The number of piperidine rings is 1. The lowest BCUT2D eigenvalue weighted by atomic mass is 9.97. The normalized spacial score (nSPS) is 20.0. The fourth-order valence-electron chi connectivity index (χ4n) is 4.22. The van der Waals surface area contributed by atoms with Crippen molar-refractivity contribution in [1.29, 1.82) is 0 Å². The van der Waals surface area contributed by atoms with Crippen molar-refractivity contribution < 1.29 is 22.7 Å². The SMILES string of the molecule is Cc1ccc(S(=O)(=O)N2CCC(C(=O)NCc3ccc(OCC4CCCO4)cc3)CC2)cc1. The molecule has 178 valence electrons. The molecule has 2 aromatic carbocycles. The first-order valence-electron chi connectivity index (χ1n) is 11.6. The fourth-order valence-corrected chi connectivity index (χ4v) is 5.69. The first-order chi connectivity index (χ1) is 15.9. The predicted octanol–water partition coefficient (Wildman–Crippen LogP) is 3.27. The molecule has 2 aromatic rings. The van der Waals surface area contributed by atoms with Crippen molar-refractivity contribution in [2.45, 2.75) is 50.2 Å². The molecular weight excluding hydrogens is 440 g/mol. The van der Waals surface area contributed by atoms with Gasteiger partial charge in [-0.3, -0.25) is 4.79 Å². The van der Waals surface area contributed by atoms with E-state index < -0.39 is 10.0 Å². The minimum atomic E-state index is -3.52. The van der Waals surface area contributed by atoms with E-state index in [1.54, 1.807) is 24.3 Å². The number of benzene rings is 2. The number of hydrogen-bond acceptors (Lipinski definition) is 5. The first-order valence-corrected chi connectivity index (χ1v) is 13.0. The third-order valence-corrected chi connectivity index (χ3v) is 8.25. The van der Waals surface area contributed by atoms with Crippen LogP contribution in [0.3, 0.4) is 0 Å². The van der Waals surface area contributed by atoms with Crippen molar-refractivity contribution >= 4 is 15.9 Å². The smallest absolute Gasteiger partial charge is 0.243 e. The average Bonchev–Trinajstić information content (AvgIpc) is 3.36. The molecule has 8 heteroatoms. The van der Waals surface area contributed by atoms with Gasteiger partial charge in [0.05, 0.1) is 11.0 Å². The average molecular weight is 473 g/mol. The topological polar surface area (TPSA) is 84.9 Å². The predicted molar refractivity (Wildman–Crippen MR) is 125 cm³/mol. The van der Waals surface area contributed by atoms with E-state index in [2.05, 4.69) is 5.32 Å². The number of rotatable bonds is 8. The number of aryl methyl sites for hydroxylation is 1. The lowest BCUT2D eigenvalue weighted by molar-refractivity contribution is -0.126. The number of sulfonamides is 1. The summed E-state index contributed by atoms with van der Waals surface area (Å²) >= 11 is 0. The summed E-state index contributed by atoms with van der Waals surface area (Å²) in [5, 5.41) is 2.99. The van der Waals surface area contributed by atoms with Crippen LogP contribution in [-0.2, 0) is 26.1 Å². The van der Waals surface area contributed by atoms with Crippen molar-refractivity contribution in [3.63, 3.8) is 0 Å². The molecule has 0 spiro atoms. The Morgan fingerprint density at radius 3 is 2.39 bits per heavy atom. The molecule has 2 aliphatic heterocycles. The Morgan fingerprint density at radius 1 is 1.06 bits per heavy atom. The highest BCUT2D eigenvalue weighted by Crippen LogP contribution is 2.24. The summed E-state index contributed by atoms with van der Waals surface area (Å²) in [5.41, 5.74) is 2.01. The molecule has 1 unspecified atom stereocenters. The van der Waals surface area contributed by atoms with Crippen molar-refractivity contribution in [1.82, 2.24) is 9.62 Å². The van der Waals surface area contributed by atoms with Crippen molar-refractivity contribution in [2.24, 2.45) is 5.92 Å². The lowest BCUT2D eigenvalue weighted by Gasteiger charge is -2.30. The quantitative estimate of drug-likeness (QED) is 0.637. The van der Waals surface area contributed by atoms with E-state index in [-0.39, 0.29) is 17.9 Å². The molecule has 7 nitrogen and oxygen atoms in total. The fraction of sp³-hybridized carbons (Fsp3) is 0.480. The zero-order valence-electron chi connectivity index (χ0n) is 19.0. The van der Waals surface area contributed by atoms with Crippen LogP contribution < -0.4 is 10.1 Å². The van der Waals surface area contributed by atoms with E-state index in [0.29, 0.717) is 44.0 Å². The zero-order chi connectivity index (χ0) is 23.3. The van der Waals surface area contributed by atoms with Gasteiger partial charge in [0.25, 0.3) is 0 Å². The van der Waals surface area contributed by atoms with Crippen LogP contribution in [0.15, 0.2) is 53.4 Å². The highest BCUT2D eigenvalue weighted by Gasteiger charge is 2.32. The third-order valence-electron chi connectivity index (χ3n) is 6.33. The first kappa shape index (κ1) is 23.7. The van der Waals surface area contributed by atoms with Crippen LogP contribution in [-0.4, -0.2) is 51.0 Å². The molecule has 2 saturated heterocycles. The second kappa shape index (κ2) is 10.7. The van der Waals surface area contributed by atoms with E-state index in [4.69, 9.17) is 9.47 Å². The second-order valence-electron chi connectivity index (χ2n) is 8.80. The van der Waals surface area contributed by atoms with Crippen LogP contribution >= 0.6 is 0 Å². The van der Waals surface area contributed by atoms with Crippen molar-refractivity contribution in [3.05, 3.63) is 59.7 Å². The molecule has 1 amide bonds. The summed E-state index contributed by atoms with van der Waals surface area (Å²) in [6, 6.07) is 14.6. The monoisotopic (exact) mass is 472 g/mol. The Balaban J connectivity index is 1.22. The Kier molecular flexibility index (Phi) is 7.67. The molecule has 0 aromatic heterocycles. The number of hydrogen-bond donors (Lipinski definition) is 1. The van der Waals surface area contributed by atoms with Gasteiger partial charge in [-0.05, 0) is 62.4 Å². The Bertz CT molecular complexity index is 1020. The molecule has 4 rings (SSSR count). The molecule has 33 heavy (non-hydrogen) atoms. The Morgan fingerprint density at radius 2 is 1.76 bits per heavy atom. The summed E-state index contributed by atoms with van der Waals surface area (Å²) in [6.07, 6.45) is 3.36. The van der Waals surface area contributed by atoms with Crippen molar-refractivity contribution in [3.8, 4) is 5.75 Å². The largest absolute Gasteiger partial charge is 0.491 e. The highest BCUT2D eigenvalue weighted by atomic mass is 32.2. The molecular formula is C25H32N2O5S. The summed E-state index contributed by atoms with van der Waals surface area (Å²) in [6.45, 7) is 4.45. The molecule has 2 aliphatic rings. The Labute approximate surface area is 196 Å². The molecule has 2 fully saturated rings. The molecule has 0 bridgehead atoms. The van der Waals surface area contributed by atoms with E-state index in [9.17, 15) is 13.2 Å². The number of carbonyl (C=O) groups excluding carboxylic acids is 1. The van der Waals surface area contributed by atoms with Gasteiger partial charge in [0.2, 0.25) is 15.9 Å². The molecule has 0 aliphatic carbocycles. The van der Waals surface area contributed by atoms with Gasteiger partial charge in [-0.15, -0.1) is 0 Å². The lowest BCUT2D eigenvalue weighted by Crippen LogP contribution is -2.42. The molecule has 1 N–H and O–H groups in total. The van der Waals surface area contributed by atoms with Gasteiger partial charge < -0.3 is 14.8 Å². The van der Waals surface area contributed by atoms with Crippen molar-refractivity contribution in [2.75, 3.05) is 26.3 Å². The molecule has 0 saturated carbocycles. The Hall–Kier alpha value is -2.42. The number of carbonyl (C=O) groups is 1.